The van der Waals surface area contributed by atoms with Crippen molar-refractivity contribution < 1.29 is 24.2 Å². The molecule has 4 fully saturated rings. The van der Waals surface area contributed by atoms with Crippen molar-refractivity contribution in [2.75, 3.05) is 0 Å². The zero-order valence-electron chi connectivity index (χ0n) is 18.3. The Morgan fingerprint density at radius 2 is 1.83 bits per heavy atom. The quantitative estimate of drug-likeness (QED) is 0.724. The normalized spacial score (nSPS) is 52.8. The predicted molar refractivity (Wildman–Crippen MR) is 107 cm³/mol. The second kappa shape index (κ2) is 5.60. The van der Waals surface area contributed by atoms with Crippen LogP contribution < -0.4 is 0 Å². The van der Waals surface area contributed by atoms with Gasteiger partial charge in [0.25, 0.3) is 0 Å². The number of ether oxygens (including phenoxy) is 2. The van der Waals surface area contributed by atoms with Crippen molar-refractivity contribution in [1.29, 1.82) is 0 Å². The summed E-state index contributed by atoms with van der Waals surface area (Å²) in [6, 6.07) is 0. The van der Waals surface area contributed by atoms with Gasteiger partial charge in [-0.1, -0.05) is 19.4 Å². The molecule has 5 nitrogen and oxygen atoms in total. The van der Waals surface area contributed by atoms with E-state index in [0.29, 0.717) is 12.8 Å². The van der Waals surface area contributed by atoms with Crippen LogP contribution in [0, 0.1) is 22.7 Å². The molecule has 3 saturated carbocycles. The van der Waals surface area contributed by atoms with E-state index in [0.717, 1.165) is 37.7 Å². The van der Waals surface area contributed by atoms with Crippen molar-refractivity contribution in [3.05, 3.63) is 11.6 Å². The van der Waals surface area contributed by atoms with Crippen LogP contribution in [0.4, 0.5) is 0 Å². The third kappa shape index (κ3) is 2.17. The van der Waals surface area contributed by atoms with Crippen LogP contribution in [0.5, 0.6) is 0 Å². The molecule has 0 amide bonds. The van der Waals surface area contributed by atoms with E-state index in [1.165, 1.54) is 0 Å². The van der Waals surface area contributed by atoms with E-state index in [4.69, 9.17) is 9.47 Å². The molecule has 29 heavy (non-hydrogen) atoms. The van der Waals surface area contributed by atoms with Crippen molar-refractivity contribution in [1.82, 2.24) is 0 Å². The monoisotopic (exact) mass is 402 g/mol. The second-order valence-electron chi connectivity index (χ2n) is 11.2. The average molecular weight is 403 g/mol. The number of hydrogen-bond acceptors (Lipinski definition) is 5. The van der Waals surface area contributed by atoms with Crippen LogP contribution in [-0.2, 0) is 19.1 Å². The number of carbonyl (C=O) groups excluding carboxylic acids is 2. The summed E-state index contributed by atoms with van der Waals surface area (Å²) in [5.41, 5.74) is -1.34. The van der Waals surface area contributed by atoms with Gasteiger partial charge >= 0.3 is 0 Å². The standard InChI is InChI=1S/C24H34O5/c1-14(25)24-19(28-20(2,3)29-24)13-18-17-7-6-15-12-16(26)8-9-21(15,4)23(17,27)11-10-22(18,24)5/h12,17-19,27H,6-11,13H2,1-5H3/t17-,18-,19+,21-,22-,23+,24+/m0/s1. The van der Waals surface area contributed by atoms with Crippen molar-refractivity contribution in [2.24, 2.45) is 22.7 Å². The molecule has 0 aromatic rings. The van der Waals surface area contributed by atoms with E-state index in [-0.39, 0.29) is 40.3 Å². The lowest BCUT2D eigenvalue weighted by molar-refractivity contribution is -0.239. The smallest absolute Gasteiger partial charge is 0.164 e. The topological polar surface area (TPSA) is 72.8 Å². The largest absolute Gasteiger partial charge is 0.389 e. The Hall–Kier alpha value is -1.04. The molecule has 5 aliphatic rings. The first-order valence-corrected chi connectivity index (χ1v) is 11.2. The Labute approximate surface area is 173 Å². The fraction of sp³-hybridized carbons (Fsp3) is 0.833. The molecule has 1 saturated heterocycles. The van der Waals surface area contributed by atoms with E-state index in [2.05, 4.69) is 13.8 Å². The highest BCUT2D eigenvalue weighted by atomic mass is 16.8. The molecule has 1 heterocycles. The summed E-state index contributed by atoms with van der Waals surface area (Å²) in [6.45, 7) is 9.78. The highest BCUT2D eigenvalue weighted by molar-refractivity contribution is 5.92. The summed E-state index contributed by atoms with van der Waals surface area (Å²) >= 11 is 0. The Morgan fingerprint density at radius 3 is 2.52 bits per heavy atom. The Morgan fingerprint density at radius 1 is 1.10 bits per heavy atom. The summed E-state index contributed by atoms with van der Waals surface area (Å²) in [4.78, 5) is 25.1. The van der Waals surface area contributed by atoms with E-state index in [1.807, 2.05) is 13.8 Å². The van der Waals surface area contributed by atoms with Crippen LogP contribution in [0.2, 0.25) is 0 Å². The fourth-order valence-corrected chi connectivity index (χ4v) is 8.25. The maximum atomic E-state index is 13.1. The molecule has 0 bridgehead atoms. The van der Waals surface area contributed by atoms with Gasteiger partial charge in [-0.3, -0.25) is 9.59 Å². The van der Waals surface area contributed by atoms with Crippen LogP contribution in [0.15, 0.2) is 11.6 Å². The molecule has 1 N–H and O–H groups in total. The van der Waals surface area contributed by atoms with Gasteiger partial charge in [0.1, 0.15) is 0 Å². The van der Waals surface area contributed by atoms with E-state index < -0.39 is 17.0 Å². The van der Waals surface area contributed by atoms with Crippen molar-refractivity contribution in [3.63, 3.8) is 0 Å². The zero-order valence-corrected chi connectivity index (χ0v) is 18.3. The van der Waals surface area contributed by atoms with Gasteiger partial charge in [-0.25, -0.2) is 0 Å². The first-order valence-electron chi connectivity index (χ1n) is 11.2. The molecule has 0 unspecified atom stereocenters. The minimum absolute atomic E-state index is 0.0504. The highest BCUT2D eigenvalue weighted by Gasteiger charge is 2.77. The van der Waals surface area contributed by atoms with Gasteiger partial charge in [0.05, 0.1) is 11.7 Å². The molecule has 0 aromatic carbocycles. The minimum Gasteiger partial charge on any atom is -0.389 e. The molecular weight excluding hydrogens is 368 g/mol. The van der Waals surface area contributed by atoms with E-state index in [1.54, 1.807) is 13.0 Å². The van der Waals surface area contributed by atoms with Crippen molar-refractivity contribution in [2.45, 2.75) is 103 Å². The maximum Gasteiger partial charge on any atom is 0.164 e. The average Bonchev–Trinajstić information content (AvgIpc) is 3.03. The van der Waals surface area contributed by atoms with E-state index >= 15 is 0 Å². The Balaban J connectivity index is 1.58. The lowest BCUT2D eigenvalue weighted by Gasteiger charge is -2.63. The first kappa shape index (κ1) is 19.9. The third-order valence-electron chi connectivity index (χ3n) is 9.66. The lowest BCUT2D eigenvalue weighted by Crippen LogP contribution is -2.66. The summed E-state index contributed by atoms with van der Waals surface area (Å²) in [7, 11) is 0. The predicted octanol–water partition coefficient (Wildman–Crippen LogP) is 3.72. The maximum absolute atomic E-state index is 13.1. The molecule has 7 atom stereocenters. The molecule has 5 heteroatoms. The minimum atomic E-state index is -0.929. The second-order valence-corrected chi connectivity index (χ2v) is 11.2. The number of carbonyl (C=O) groups is 2. The zero-order chi connectivity index (χ0) is 21.0. The van der Waals surface area contributed by atoms with Crippen molar-refractivity contribution >= 4 is 11.6 Å². The van der Waals surface area contributed by atoms with Gasteiger partial charge in [0, 0.05) is 17.3 Å². The molecule has 5 rings (SSSR count). The van der Waals surface area contributed by atoms with Gasteiger partial charge in [0.2, 0.25) is 0 Å². The number of rotatable bonds is 1. The molecule has 160 valence electrons. The Kier molecular flexibility index (Phi) is 3.84. The highest BCUT2D eigenvalue weighted by Crippen LogP contribution is 2.71. The number of hydrogen-bond donors (Lipinski definition) is 1. The van der Waals surface area contributed by atoms with Gasteiger partial charge < -0.3 is 14.6 Å². The molecular formula is C24H34O5. The SMILES string of the molecule is CC(=O)[C@@]12OC(C)(C)O[C@@H]1C[C@H]1[C@@H]3CCC4=CC(=O)CC[C@]4(C)[C@@]3(O)CC[C@@]12C. The summed E-state index contributed by atoms with van der Waals surface area (Å²) in [5.74, 6) is -0.267. The van der Waals surface area contributed by atoms with Crippen molar-refractivity contribution in [3.8, 4) is 0 Å². The molecule has 4 aliphatic carbocycles. The van der Waals surface area contributed by atoms with Crippen LogP contribution in [-0.4, -0.2) is 39.8 Å². The van der Waals surface area contributed by atoms with Gasteiger partial charge in [-0.2, -0.15) is 0 Å². The first-order chi connectivity index (χ1) is 13.4. The van der Waals surface area contributed by atoms with Crippen LogP contribution in [0.25, 0.3) is 0 Å². The number of fused-ring (bicyclic) bond motifs is 7. The number of aliphatic hydroxyl groups is 1. The van der Waals surface area contributed by atoms with Gasteiger partial charge in [-0.15, -0.1) is 0 Å². The van der Waals surface area contributed by atoms with Gasteiger partial charge in [-0.05, 0) is 77.2 Å². The van der Waals surface area contributed by atoms with Crippen LogP contribution in [0.1, 0.15) is 79.6 Å². The molecule has 0 radical (unpaired) electrons. The van der Waals surface area contributed by atoms with Crippen LogP contribution in [0.3, 0.4) is 0 Å². The molecule has 1 aliphatic heterocycles. The van der Waals surface area contributed by atoms with Crippen LogP contribution >= 0.6 is 0 Å². The van der Waals surface area contributed by atoms with Gasteiger partial charge in [0.15, 0.2) is 23.0 Å². The fourth-order valence-electron chi connectivity index (χ4n) is 8.25. The summed E-state index contributed by atoms with van der Waals surface area (Å²) in [6.07, 6.45) is 6.61. The number of ketones is 2. The molecule has 0 spiro atoms. The Bertz CT molecular complexity index is 829. The van der Waals surface area contributed by atoms with E-state index in [9.17, 15) is 14.7 Å². The summed E-state index contributed by atoms with van der Waals surface area (Å²) in [5, 5.41) is 12.2. The lowest BCUT2D eigenvalue weighted by atomic mass is 9.44. The number of Topliss-reactive ketones (excluding diaryl/α,β-unsaturated/α-hetero) is 1. The summed E-state index contributed by atoms with van der Waals surface area (Å²) < 4.78 is 12.7. The third-order valence-corrected chi connectivity index (χ3v) is 9.66. The molecule has 0 aromatic heterocycles.